The Bertz CT molecular complexity index is 483. The van der Waals surface area contributed by atoms with Gasteiger partial charge in [0, 0.05) is 11.8 Å². The van der Waals surface area contributed by atoms with Gasteiger partial charge in [0.15, 0.2) is 0 Å². The largest absolute Gasteiger partial charge is 0.341 e. The SMILES string of the molecule is CC(NC1CCCSC1)c1nc2ccccc2[nH]1. The number of hydrogen-bond donors (Lipinski definition) is 2. The van der Waals surface area contributed by atoms with Crippen LogP contribution in [-0.4, -0.2) is 27.5 Å². The van der Waals surface area contributed by atoms with E-state index in [2.05, 4.69) is 46.1 Å². The van der Waals surface area contributed by atoms with Gasteiger partial charge < -0.3 is 10.3 Å². The van der Waals surface area contributed by atoms with Crippen LogP contribution in [0.1, 0.15) is 31.6 Å². The summed E-state index contributed by atoms with van der Waals surface area (Å²) in [4.78, 5) is 8.06. The molecule has 2 unspecified atom stereocenters. The average molecular weight is 261 g/mol. The third-order valence-corrected chi connectivity index (χ3v) is 4.68. The van der Waals surface area contributed by atoms with Gasteiger partial charge in [-0.1, -0.05) is 12.1 Å². The van der Waals surface area contributed by atoms with Gasteiger partial charge in [-0.2, -0.15) is 11.8 Å². The number of nitrogens with one attached hydrogen (secondary N) is 2. The predicted octanol–water partition coefficient (Wildman–Crippen LogP) is 3.11. The smallest absolute Gasteiger partial charge is 0.124 e. The number of fused-ring (bicyclic) bond motifs is 1. The van der Waals surface area contributed by atoms with Crippen LogP contribution in [0.15, 0.2) is 24.3 Å². The maximum Gasteiger partial charge on any atom is 0.124 e. The van der Waals surface area contributed by atoms with Gasteiger partial charge in [-0.15, -0.1) is 0 Å². The summed E-state index contributed by atoms with van der Waals surface area (Å²) >= 11 is 2.05. The Balaban J connectivity index is 1.72. The third-order valence-electron chi connectivity index (χ3n) is 3.46. The van der Waals surface area contributed by atoms with E-state index in [4.69, 9.17) is 0 Å². The summed E-state index contributed by atoms with van der Waals surface area (Å²) in [6.07, 6.45) is 2.62. The molecule has 0 bridgehead atoms. The Morgan fingerprint density at radius 1 is 1.44 bits per heavy atom. The molecule has 0 radical (unpaired) electrons. The summed E-state index contributed by atoms with van der Waals surface area (Å²) in [6.45, 7) is 2.19. The lowest BCUT2D eigenvalue weighted by atomic mass is 10.1. The number of imidazole rings is 1. The van der Waals surface area contributed by atoms with Crippen molar-refractivity contribution in [1.82, 2.24) is 15.3 Å². The van der Waals surface area contributed by atoms with E-state index in [9.17, 15) is 0 Å². The normalized spacial score (nSPS) is 22.2. The third kappa shape index (κ3) is 2.54. The second kappa shape index (κ2) is 5.33. The highest BCUT2D eigenvalue weighted by Crippen LogP contribution is 2.21. The number of aromatic amines is 1. The van der Waals surface area contributed by atoms with E-state index < -0.39 is 0 Å². The summed E-state index contributed by atoms with van der Waals surface area (Å²) in [5.74, 6) is 3.59. The van der Waals surface area contributed by atoms with Crippen molar-refractivity contribution in [2.75, 3.05) is 11.5 Å². The van der Waals surface area contributed by atoms with Crippen LogP contribution in [0.4, 0.5) is 0 Å². The fourth-order valence-electron chi connectivity index (χ4n) is 2.48. The maximum atomic E-state index is 4.65. The van der Waals surface area contributed by atoms with E-state index in [0.29, 0.717) is 12.1 Å². The molecule has 18 heavy (non-hydrogen) atoms. The molecular weight excluding hydrogens is 242 g/mol. The van der Waals surface area contributed by atoms with Crippen molar-refractivity contribution in [1.29, 1.82) is 0 Å². The molecule has 1 aliphatic rings. The van der Waals surface area contributed by atoms with Crippen molar-refractivity contribution >= 4 is 22.8 Å². The summed E-state index contributed by atoms with van der Waals surface area (Å²) in [7, 11) is 0. The quantitative estimate of drug-likeness (QED) is 0.892. The van der Waals surface area contributed by atoms with Crippen LogP contribution in [0.25, 0.3) is 11.0 Å². The second-order valence-electron chi connectivity index (χ2n) is 4.94. The van der Waals surface area contributed by atoms with E-state index >= 15 is 0 Å². The molecule has 4 heteroatoms. The molecule has 96 valence electrons. The summed E-state index contributed by atoms with van der Waals surface area (Å²) in [5.41, 5.74) is 2.18. The van der Waals surface area contributed by atoms with Gasteiger partial charge in [-0.3, -0.25) is 0 Å². The molecule has 1 saturated heterocycles. The van der Waals surface area contributed by atoms with Gasteiger partial charge >= 0.3 is 0 Å². The van der Waals surface area contributed by atoms with E-state index in [0.717, 1.165) is 16.9 Å². The number of hydrogen-bond acceptors (Lipinski definition) is 3. The summed E-state index contributed by atoms with van der Waals surface area (Å²) in [6, 6.07) is 9.13. The first-order valence-corrected chi connectivity index (χ1v) is 7.77. The van der Waals surface area contributed by atoms with E-state index in [1.165, 1.54) is 24.3 Å². The summed E-state index contributed by atoms with van der Waals surface area (Å²) < 4.78 is 0. The van der Waals surface area contributed by atoms with Gasteiger partial charge in [0.1, 0.15) is 5.82 Å². The lowest BCUT2D eigenvalue weighted by Crippen LogP contribution is -2.36. The molecule has 3 nitrogen and oxygen atoms in total. The Morgan fingerprint density at radius 2 is 2.33 bits per heavy atom. The zero-order valence-corrected chi connectivity index (χ0v) is 11.5. The van der Waals surface area contributed by atoms with Gasteiger partial charge in [0.05, 0.1) is 17.1 Å². The molecule has 3 rings (SSSR count). The molecule has 2 atom stereocenters. The number of benzene rings is 1. The number of H-pyrrole nitrogens is 1. The zero-order chi connectivity index (χ0) is 12.4. The van der Waals surface area contributed by atoms with Crippen LogP contribution in [0.2, 0.25) is 0 Å². The van der Waals surface area contributed by atoms with E-state index in [1.807, 2.05) is 12.1 Å². The second-order valence-corrected chi connectivity index (χ2v) is 6.09. The minimum atomic E-state index is 0.293. The first kappa shape index (κ1) is 12.1. The first-order chi connectivity index (χ1) is 8.83. The van der Waals surface area contributed by atoms with Crippen LogP contribution in [0.5, 0.6) is 0 Å². The Labute approximate surface area is 112 Å². The molecule has 2 aromatic rings. The van der Waals surface area contributed by atoms with Crippen molar-refractivity contribution in [3.63, 3.8) is 0 Å². The van der Waals surface area contributed by atoms with Gasteiger partial charge in [0.25, 0.3) is 0 Å². The van der Waals surface area contributed by atoms with Crippen molar-refractivity contribution in [3.8, 4) is 0 Å². The van der Waals surface area contributed by atoms with Crippen molar-refractivity contribution in [2.24, 2.45) is 0 Å². The fourth-order valence-corrected chi connectivity index (χ4v) is 3.57. The van der Waals surface area contributed by atoms with Crippen LogP contribution < -0.4 is 5.32 Å². The van der Waals surface area contributed by atoms with Crippen LogP contribution in [-0.2, 0) is 0 Å². The first-order valence-electron chi connectivity index (χ1n) is 6.61. The maximum absolute atomic E-state index is 4.65. The van der Waals surface area contributed by atoms with Crippen LogP contribution in [0, 0.1) is 0 Å². The number of nitrogens with zero attached hydrogens (tertiary/aromatic N) is 1. The van der Waals surface area contributed by atoms with Crippen molar-refractivity contribution in [3.05, 3.63) is 30.1 Å². The van der Waals surface area contributed by atoms with E-state index in [1.54, 1.807) is 0 Å². The van der Waals surface area contributed by atoms with Gasteiger partial charge in [0.2, 0.25) is 0 Å². The van der Waals surface area contributed by atoms with Gasteiger partial charge in [-0.05, 0) is 37.7 Å². The molecule has 0 saturated carbocycles. The van der Waals surface area contributed by atoms with Crippen molar-refractivity contribution < 1.29 is 0 Å². The van der Waals surface area contributed by atoms with Crippen LogP contribution in [0.3, 0.4) is 0 Å². The van der Waals surface area contributed by atoms with Gasteiger partial charge in [-0.25, -0.2) is 4.98 Å². The lowest BCUT2D eigenvalue weighted by molar-refractivity contribution is 0.442. The molecule has 2 N–H and O–H groups in total. The number of aromatic nitrogens is 2. The standard InChI is InChI=1S/C14H19N3S/c1-10(15-11-5-4-8-18-9-11)14-16-12-6-2-3-7-13(12)17-14/h2-3,6-7,10-11,15H,4-5,8-9H2,1H3,(H,16,17). The highest BCUT2D eigenvalue weighted by Gasteiger charge is 2.18. The predicted molar refractivity (Wildman–Crippen MR) is 78.0 cm³/mol. The zero-order valence-electron chi connectivity index (χ0n) is 10.6. The molecule has 1 fully saturated rings. The molecular formula is C14H19N3S. The van der Waals surface area contributed by atoms with E-state index in [-0.39, 0.29) is 0 Å². The van der Waals surface area contributed by atoms with Crippen LogP contribution >= 0.6 is 11.8 Å². The monoisotopic (exact) mass is 261 g/mol. The van der Waals surface area contributed by atoms with Crippen molar-refractivity contribution in [2.45, 2.75) is 31.8 Å². The molecule has 0 aliphatic carbocycles. The average Bonchev–Trinajstić information content (AvgIpc) is 2.84. The Morgan fingerprint density at radius 3 is 3.11 bits per heavy atom. The molecule has 1 aromatic heterocycles. The Hall–Kier alpha value is -1.00. The minimum absolute atomic E-state index is 0.293. The topological polar surface area (TPSA) is 40.7 Å². The summed E-state index contributed by atoms with van der Waals surface area (Å²) in [5, 5.41) is 3.68. The number of thioether (sulfide) groups is 1. The number of rotatable bonds is 3. The number of para-hydroxylation sites is 2. The molecule has 1 aliphatic heterocycles. The highest BCUT2D eigenvalue weighted by atomic mass is 32.2. The minimum Gasteiger partial charge on any atom is -0.341 e. The lowest BCUT2D eigenvalue weighted by Gasteiger charge is -2.25. The molecule has 1 aromatic carbocycles. The fraction of sp³-hybridized carbons (Fsp3) is 0.500. The molecule has 2 heterocycles. The highest BCUT2D eigenvalue weighted by molar-refractivity contribution is 7.99. The molecule has 0 amide bonds. The molecule has 0 spiro atoms. The Kier molecular flexibility index (Phi) is 3.57.